The Hall–Kier alpha value is -1.24. The predicted molar refractivity (Wildman–Crippen MR) is 72.8 cm³/mol. The average Bonchev–Trinajstić information content (AvgIpc) is 2.38. The Labute approximate surface area is 117 Å². The summed E-state index contributed by atoms with van der Waals surface area (Å²) >= 11 is 11.9. The topological polar surface area (TPSA) is 44.1 Å². The van der Waals surface area contributed by atoms with E-state index in [9.17, 15) is 4.79 Å². The van der Waals surface area contributed by atoms with E-state index in [2.05, 4.69) is 6.07 Å². The summed E-state index contributed by atoms with van der Waals surface area (Å²) in [6.45, 7) is 4.54. The van der Waals surface area contributed by atoms with Gasteiger partial charge in [0.15, 0.2) is 0 Å². The minimum atomic E-state index is -0.216. The molecule has 18 heavy (non-hydrogen) atoms. The van der Waals surface area contributed by atoms with Crippen LogP contribution in [0.15, 0.2) is 18.2 Å². The summed E-state index contributed by atoms with van der Waals surface area (Å²) in [5.74, 6) is -0.418. The molecule has 0 aromatic heterocycles. The number of carbonyl (C=O) groups excluding carboxylic acids is 1. The standard InChI is InChI=1S/C13H14Cl2N2O/c1-3-17(8-9(2)7-16)13(18)10-5-4-6-11(14)12(10)15/h4-6,9H,3,8H2,1-2H3. The number of rotatable bonds is 4. The molecule has 0 radical (unpaired) electrons. The second-order valence-electron chi connectivity index (χ2n) is 3.98. The van der Waals surface area contributed by atoms with Gasteiger partial charge in [0.25, 0.3) is 5.91 Å². The van der Waals surface area contributed by atoms with Gasteiger partial charge >= 0.3 is 0 Å². The molecule has 0 aliphatic heterocycles. The molecule has 0 saturated heterocycles. The lowest BCUT2D eigenvalue weighted by molar-refractivity contribution is 0.0753. The van der Waals surface area contributed by atoms with E-state index in [0.29, 0.717) is 23.7 Å². The zero-order valence-electron chi connectivity index (χ0n) is 10.3. The molecule has 1 atom stereocenters. The zero-order chi connectivity index (χ0) is 13.7. The highest BCUT2D eigenvalue weighted by Crippen LogP contribution is 2.26. The fourth-order valence-corrected chi connectivity index (χ4v) is 1.95. The first-order valence-electron chi connectivity index (χ1n) is 5.64. The van der Waals surface area contributed by atoms with Crippen molar-refractivity contribution in [2.75, 3.05) is 13.1 Å². The molecular weight excluding hydrogens is 271 g/mol. The Morgan fingerprint density at radius 1 is 1.50 bits per heavy atom. The van der Waals surface area contributed by atoms with Gasteiger partial charge < -0.3 is 4.90 Å². The van der Waals surface area contributed by atoms with E-state index in [0.717, 1.165) is 0 Å². The summed E-state index contributed by atoms with van der Waals surface area (Å²) in [6.07, 6.45) is 0. The summed E-state index contributed by atoms with van der Waals surface area (Å²) in [6, 6.07) is 7.06. The fraction of sp³-hybridized carbons (Fsp3) is 0.385. The highest BCUT2D eigenvalue weighted by Gasteiger charge is 2.19. The van der Waals surface area contributed by atoms with Crippen molar-refractivity contribution in [2.45, 2.75) is 13.8 Å². The Bertz CT molecular complexity index is 482. The summed E-state index contributed by atoms with van der Waals surface area (Å²) in [5, 5.41) is 9.41. The first-order chi connectivity index (χ1) is 8.51. The molecule has 0 aliphatic carbocycles. The quantitative estimate of drug-likeness (QED) is 0.848. The molecule has 0 heterocycles. The van der Waals surface area contributed by atoms with Crippen LogP contribution in [-0.2, 0) is 0 Å². The van der Waals surface area contributed by atoms with E-state index in [1.54, 1.807) is 30.0 Å². The van der Waals surface area contributed by atoms with Gasteiger partial charge in [0.1, 0.15) is 0 Å². The van der Waals surface area contributed by atoms with Gasteiger partial charge in [-0.25, -0.2) is 0 Å². The highest BCUT2D eigenvalue weighted by atomic mass is 35.5. The number of benzene rings is 1. The van der Waals surface area contributed by atoms with Crippen molar-refractivity contribution in [3.05, 3.63) is 33.8 Å². The van der Waals surface area contributed by atoms with Crippen molar-refractivity contribution in [3.63, 3.8) is 0 Å². The number of amides is 1. The van der Waals surface area contributed by atoms with Gasteiger partial charge in [-0.15, -0.1) is 0 Å². The zero-order valence-corrected chi connectivity index (χ0v) is 11.8. The van der Waals surface area contributed by atoms with Gasteiger partial charge in [-0.3, -0.25) is 4.79 Å². The van der Waals surface area contributed by atoms with Gasteiger partial charge in [0, 0.05) is 13.1 Å². The van der Waals surface area contributed by atoms with Crippen LogP contribution in [-0.4, -0.2) is 23.9 Å². The van der Waals surface area contributed by atoms with Crippen LogP contribution in [0.2, 0.25) is 10.0 Å². The molecule has 0 aliphatic rings. The number of halogens is 2. The van der Waals surface area contributed by atoms with Gasteiger partial charge in [-0.1, -0.05) is 29.3 Å². The first-order valence-corrected chi connectivity index (χ1v) is 6.39. The molecule has 0 N–H and O–H groups in total. The van der Waals surface area contributed by atoms with Gasteiger partial charge in [-0.05, 0) is 26.0 Å². The smallest absolute Gasteiger partial charge is 0.255 e. The van der Waals surface area contributed by atoms with Crippen LogP contribution in [0, 0.1) is 17.2 Å². The van der Waals surface area contributed by atoms with Crippen LogP contribution in [0.5, 0.6) is 0 Å². The summed E-state index contributed by atoms with van der Waals surface area (Å²) < 4.78 is 0. The van der Waals surface area contributed by atoms with Crippen molar-refractivity contribution >= 4 is 29.1 Å². The summed E-state index contributed by atoms with van der Waals surface area (Å²) in [7, 11) is 0. The first kappa shape index (κ1) is 14.8. The maximum atomic E-state index is 12.3. The molecule has 1 aromatic rings. The second kappa shape index (κ2) is 6.63. The minimum Gasteiger partial charge on any atom is -0.338 e. The molecule has 3 nitrogen and oxygen atoms in total. The van der Waals surface area contributed by atoms with Crippen LogP contribution in [0.3, 0.4) is 0 Å². The third-order valence-electron chi connectivity index (χ3n) is 2.57. The van der Waals surface area contributed by atoms with Crippen molar-refractivity contribution in [1.82, 2.24) is 4.90 Å². The van der Waals surface area contributed by atoms with Crippen LogP contribution in [0.25, 0.3) is 0 Å². The van der Waals surface area contributed by atoms with Crippen molar-refractivity contribution < 1.29 is 4.79 Å². The number of nitrogens with zero attached hydrogens (tertiary/aromatic N) is 2. The molecule has 0 spiro atoms. The molecule has 1 rings (SSSR count). The fourth-order valence-electron chi connectivity index (χ4n) is 1.57. The van der Waals surface area contributed by atoms with Crippen molar-refractivity contribution in [3.8, 4) is 6.07 Å². The highest BCUT2D eigenvalue weighted by molar-refractivity contribution is 6.43. The molecule has 0 bridgehead atoms. The molecule has 5 heteroatoms. The van der Waals surface area contributed by atoms with Crippen LogP contribution in [0.4, 0.5) is 0 Å². The van der Waals surface area contributed by atoms with Crippen LogP contribution in [0.1, 0.15) is 24.2 Å². The summed E-state index contributed by atoms with van der Waals surface area (Å²) in [5.41, 5.74) is 0.371. The van der Waals surface area contributed by atoms with Crippen molar-refractivity contribution in [1.29, 1.82) is 5.26 Å². The summed E-state index contributed by atoms with van der Waals surface area (Å²) in [4.78, 5) is 13.9. The van der Waals surface area contributed by atoms with E-state index in [4.69, 9.17) is 28.5 Å². The maximum absolute atomic E-state index is 12.3. The van der Waals surface area contributed by atoms with Gasteiger partial charge in [-0.2, -0.15) is 5.26 Å². The van der Waals surface area contributed by atoms with Gasteiger partial charge in [0.2, 0.25) is 0 Å². The minimum absolute atomic E-state index is 0.202. The Kier molecular flexibility index (Phi) is 5.46. The lowest BCUT2D eigenvalue weighted by atomic mass is 10.1. The van der Waals surface area contributed by atoms with E-state index in [1.807, 2.05) is 6.92 Å². The Balaban J connectivity index is 2.97. The molecular formula is C13H14Cl2N2O. The van der Waals surface area contributed by atoms with Crippen LogP contribution < -0.4 is 0 Å². The van der Waals surface area contributed by atoms with E-state index >= 15 is 0 Å². The molecule has 1 amide bonds. The predicted octanol–water partition coefficient (Wildman–Crippen LogP) is 3.62. The average molecular weight is 285 g/mol. The number of carbonyl (C=O) groups is 1. The number of hydrogen-bond acceptors (Lipinski definition) is 2. The third-order valence-corrected chi connectivity index (χ3v) is 3.38. The van der Waals surface area contributed by atoms with E-state index in [1.165, 1.54) is 0 Å². The number of hydrogen-bond donors (Lipinski definition) is 0. The van der Waals surface area contributed by atoms with Gasteiger partial charge in [0.05, 0.1) is 27.6 Å². The molecule has 1 unspecified atom stereocenters. The molecule has 96 valence electrons. The second-order valence-corrected chi connectivity index (χ2v) is 4.76. The largest absolute Gasteiger partial charge is 0.338 e. The van der Waals surface area contributed by atoms with Crippen LogP contribution >= 0.6 is 23.2 Å². The molecule has 0 fully saturated rings. The lowest BCUT2D eigenvalue weighted by Crippen LogP contribution is -2.34. The van der Waals surface area contributed by atoms with E-state index < -0.39 is 0 Å². The normalized spacial score (nSPS) is 11.7. The maximum Gasteiger partial charge on any atom is 0.255 e. The SMILES string of the molecule is CCN(CC(C)C#N)C(=O)c1cccc(Cl)c1Cl. The number of nitriles is 1. The van der Waals surface area contributed by atoms with Crippen molar-refractivity contribution in [2.24, 2.45) is 5.92 Å². The monoisotopic (exact) mass is 284 g/mol. The molecule has 0 saturated carbocycles. The van der Waals surface area contributed by atoms with E-state index in [-0.39, 0.29) is 16.8 Å². The Morgan fingerprint density at radius 3 is 2.72 bits per heavy atom. The third kappa shape index (κ3) is 3.38. The Morgan fingerprint density at radius 2 is 2.17 bits per heavy atom. The lowest BCUT2D eigenvalue weighted by Gasteiger charge is -2.22. The molecule has 1 aromatic carbocycles.